The lowest BCUT2D eigenvalue weighted by Crippen LogP contribution is -2.28. The SMILES string of the molecule is Cl.N[C@H](c1ccccc1OCc1ccccc1)[C@@H](O)C1CC1. The highest BCUT2D eigenvalue weighted by atomic mass is 35.5. The van der Waals surface area contributed by atoms with E-state index in [1.165, 1.54) is 0 Å². The van der Waals surface area contributed by atoms with Crippen molar-refractivity contribution in [1.82, 2.24) is 0 Å². The van der Waals surface area contributed by atoms with Crippen molar-refractivity contribution in [3.8, 4) is 5.75 Å². The van der Waals surface area contributed by atoms with Gasteiger partial charge in [-0.05, 0) is 30.4 Å². The highest BCUT2D eigenvalue weighted by Crippen LogP contribution is 2.39. The molecule has 0 aliphatic heterocycles. The minimum atomic E-state index is -0.480. The first kappa shape index (κ1) is 16.8. The molecule has 0 heterocycles. The fourth-order valence-corrected chi connectivity index (χ4v) is 2.54. The Balaban J connectivity index is 0.00000176. The van der Waals surface area contributed by atoms with E-state index in [9.17, 15) is 5.11 Å². The van der Waals surface area contributed by atoms with Crippen molar-refractivity contribution in [2.24, 2.45) is 11.7 Å². The second-order valence-corrected chi connectivity index (χ2v) is 5.67. The van der Waals surface area contributed by atoms with Crippen LogP contribution in [0.15, 0.2) is 54.6 Å². The number of hydrogen-bond donors (Lipinski definition) is 2. The maximum absolute atomic E-state index is 10.2. The summed E-state index contributed by atoms with van der Waals surface area (Å²) >= 11 is 0. The lowest BCUT2D eigenvalue weighted by atomic mass is 9.98. The van der Waals surface area contributed by atoms with E-state index in [0.29, 0.717) is 12.5 Å². The van der Waals surface area contributed by atoms with Crippen LogP contribution < -0.4 is 10.5 Å². The van der Waals surface area contributed by atoms with Gasteiger partial charge in [-0.1, -0.05) is 48.5 Å². The van der Waals surface area contributed by atoms with Crippen LogP contribution in [0.4, 0.5) is 0 Å². The lowest BCUT2D eigenvalue weighted by Gasteiger charge is -2.21. The standard InChI is InChI=1S/C18H21NO2.ClH/c19-17(18(20)14-10-11-14)15-8-4-5-9-16(15)21-12-13-6-2-1-3-7-13;/h1-9,14,17-18,20H,10-12,19H2;1H/t17-,18+;/m1./s1. The van der Waals surface area contributed by atoms with E-state index in [4.69, 9.17) is 10.5 Å². The van der Waals surface area contributed by atoms with Crippen LogP contribution in [0, 0.1) is 5.92 Å². The quantitative estimate of drug-likeness (QED) is 0.857. The van der Waals surface area contributed by atoms with Crippen molar-refractivity contribution in [3.63, 3.8) is 0 Å². The summed E-state index contributed by atoms with van der Waals surface area (Å²) in [6.45, 7) is 0.504. The molecule has 1 aliphatic rings. The van der Waals surface area contributed by atoms with Crippen molar-refractivity contribution in [1.29, 1.82) is 0 Å². The molecule has 0 saturated heterocycles. The summed E-state index contributed by atoms with van der Waals surface area (Å²) in [5.41, 5.74) is 8.22. The second-order valence-electron chi connectivity index (χ2n) is 5.67. The molecule has 1 saturated carbocycles. The van der Waals surface area contributed by atoms with Gasteiger partial charge in [-0.25, -0.2) is 0 Å². The Morgan fingerprint density at radius 3 is 2.36 bits per heavy atom. The van der Waals surface area contributed by atoms with Gasteiger partial charge in [-0.15, -0.1) is 12.4 Å². The third-order valence-corrected chi connectivity index (χ3v) is 3.99. The van der Waals surface area contributed by atoms with Gasteiger partial charge in [-0.2, -0.15) is 0 Å². The molecule has 4 heteroatoms. The fourth-order valence-electron chi connectivity index (χ4n) is 2.54. The molecule has 3 rings (SSSR count). The van der Waals surface area contributed by atoms with E-state index in [-0.39, 0.29) is 18.4 Å². The van der Waals surface area contributed by atoms with Gasteiger partial charge in [-0.3, -0.25) is 0 Å². The van der Waals surface area contributed by atoms with E-state index in [0.717, 1.165) is 29.7 Å². The lowest BCUT2D eigenvalue weighted by molar-refractivity contribution is 0.120. The molecule has 0 unspecified atom stereocenters. The Labute approximate surface area is 137 Å². The van der Waals surface area contributed by atoms with Crippen LogP contribution in [0.1, 0.15) is 30.0 Å². The Bertz CT molecular complexity index is 587. The Morgan fingerprint density at radius 1 is 1.05 bits per heavy atom. The van der Waals surface area contributed by atoms with Crippen molar-refractivity contribution in [2.75, 3.05) is 0 Å². The molecule has 3 N–H and O–H groups in total. The van der Waals surface area contributed by atoms with Gasteiger partial charge in [0.25, 0.3) is 0 Å². The monoisotopic (exact) mass is 319 g/mol. The summed E-state index contributed by atoms with van der Waals surface area (Å²) in [4.78, 5) is 0. The van der Waals surface area contributed by atoms with Gasteiger partial charge in [0, 0.05) is 5.56 Å². The summed E-state index contributed by atoms with van der Waals surface area (Å²) in [5, 5.41) is 10.2. The highest BCUT2D eigenvalue weighted by Gasteiger charge is 2.35. The first-order valence-corrected chi connectivity index (χ1v) is 7.45. The molecule has 3 nitrogen and oxygen atoms in total. The van der Waals surface area contributed by atoms with Crippen LogP contribution in [-0.4, -0.2) is 11.2 Å². The smallest absolute Gasteiger partial charge is 0.124 e. The zero-order chi connectivity index (χ0) is 14.7. The highest BCUT2D eigenvalue weighted by molar-refractivity contribution is 5.85. The number of nitrogens with two attached hydrogens (primary N) is 1. The van der Waals surface area contributed by atoms with Gasteiger partial charge in [0.1, 0.15) is 12.4 Å². The van der Waals surface area contributed by atoms with Gasteiger partial charge in [0.05, 0.1) is 12.1 Å². The van der Waals surface area contributed by atoms with E-state index >= 15 is 0 Å². The molecule has 0 spiro atoms. The summed E-state index contributed by atoms with van der Waals surface area (Å²) in [6, 6.07) is 17.4. The second kappa shape index (κ2) is 7.63. The fraction of sp³-hybridized carbons (Fsp3) is 0.333. The Kier molecular flexibility index (Phi) is 5.83. The maximum atomic E-state index is 10.2. The first-order chi connectivity index (χ1) is 10.3. The van der Waals surface area contributed by atoms with E-state index in [2.05, 4.69) is 0 Å². The van der Waals surface area contributed by atoms with Gasteiger partial charge in [0.2, 0.25) is 0 Å². The largest absolute Gasteiger partial charge is 0.489 e. The van der Waals surface area contributed by atoms with Gasteiger partial charge < -0.3 is 15.6 Å². The van der Waals surface area contributed by atoms with Crippen LogP contribution in [0.3, 0.4) is 0 Å². The topological polar surface area (TPSA) is 55.5 Å². The average molecular weight is 320 g/mol. The van der Waals surface area contributed by atoms with Crippen LogP contribution in [0.5, 0.6) is 5.75 Å². The summed E-state index contributed by atoms with van der Waals surface area (Å²) in [7, 11) is 0. The predicted molar refractivity (Wildman–Crippen MR) is 90.1 cm³/mol. The first-order valence-electron chi connectivity index (χ1n) is 7.45. The Hall–Kier alpha value is -1.55. The van der Waals surface area contributed by atoms with Crippen molar-refractivity contribution < 1.29 is 9.84 Å². The molecule has 2 atom stereocenters. The van der Waals surface area contributed by atoms with Crippen LogP contribution in [0.25, 0.3) is 0 Å². The number of para-hydroxylation sites is 1. The third kappa shape index (κ3) is 4.01. The molecule has 2 aromatic carbocycles. The summed E-state index contributed by atoms with van der Waals surface area (Å²) in [5.74, 6) is 1.11. The maximum Gasteiger partial charge on any atom is 0.124 e. The summed E-state index contributed by atoms with van der Waals surface area (Å²) < 4.78 is 5.90. The van der Waals surface area contributed by atoms with Crippen molar-refractivity contribution >= 4 is 12.4 Å². The van der Waals surface area contributed by atoms with E-state index < -0.39 is 6.10 Å². The molecular formula is C18H22ClNO2. The molecule has 22 heavy (non-hydrogen) atoms. The Morgan fingerprint density at radius 2 is 1.68 bits per heavy atom. The molecule has 0 radical (unpaired) electrons. The van der Waals surface area contributed by atoms with Crippen molar-refractivity contribution in [2.45, 2.75) is 31.6 Å². The number of rotatable bonds is 6. The number of benzene rings is 2. The average Bonchev–Trinajstić information content (AvgIpc) is 3.38. The van der Waals surface area contributed by atoms with Crippen LogP contribution in [0.2, 0.25) is 0 Å². The third-order valence-electron chi connectivity index (χ3n) is 3.99. The van der Waals surface area contributed by atoms with E-state index in [1.54, 1.807) is 0 Å². The number of aliphatic hydroxyl groups excluding tert-OH is 1. The molecule has 0 bridgehead atoms. The molecule has 0 aromatic heterocycles. The predicted octanol–water partition coefficient (Wildman–Crippen LogP) is 3.46. The molecule has 0 amide bonds. The molecule has 1 aliphatic carbocycles. The number of ether oxygens (including phenoxy) is 1. The molecular weight excluding hydrogens is 298 g/mol. The zero-order valence-electron chi connectivity index (χ0n) is 12.4. The number of halogens is 1. The van der Waals surface area contributed by atoms with Crippen LogP contribution in [-0.2, 0) is 6.61 Å². The van der Waals surface area contributed by atoms with Gasteiger partial charge in [0.15, 0.2) is 0 Å². The molecule has 2 aromatic rings. The normalized spacial score (nSPS) is 16.5. The number of hydrogen-bond acceptors (Lipinski definition) is 3. The van der Waals surface area contributed by atoms with E-state index in [1.807, 2.05) is 54.6 Å². The molecule has 1 fully saturated rings. The van der Waals surface area contributed by atoms with Gasteiger partial charge >= 0.3 is 0 Å². The van der Waals surface area contributed by atoms with Crippen LogP contribution >= 0.6 is 12.4 Å². The number of aliphatic hydroxyl groups is 1. The molecule has 118 valence electrons. The minimum Gasteiger partial charge on any atom is -0.489 e. The zero-order valence-corrected chi connectivity index (χ0v) is 13.2. The van der Waals surface area contributed by atoms with Crippen molar-refractivity contribution in [3.05, 3.63) is 65.7 Å². The minimum absolute atomic E-state index is 0. The summed E-state index contributed by atoms with van der Waals surface area (Å²) in [6.07, 6.45) is 1.66.